The van der Waals surface area contributed by atoms with Gasteiger partial charge in [-0.15, -0.1) is 0 Å². The molecule has 0 aromatic heterocycles. The molecule has 2 heteroatoms. The van der Waals surface area contributed by atoms with Crippen LogP contribution in [0.1, 0.15) is 17.5 Å². The van der Waals surface area contributed by atoms with Gasteiger partial charge < -0.3 is 4.90 Å². The van der Waals surface area contributed by atoms with Crippen LogP contribution in [0.5, 0.6) is 0 Å². The molecule has 0 saturated carbocycles. The number of fused-ring (bicyclic) bond motifs is 1. The first kappa shape index (κ1) is 15.3. The topological polar surface area (TPSA) is 15.6 Å². The van der Waals surface area contributed by atoms with E-state index >= 15 is 0 Å². The summed E-state index contributed by atoms with van der Waals surface area (Å²) in [5.41, 5.74) is 6.09. The lowest BCUT2D eigenvalue weighted by Gasteiger charge is -2.11. The van der Waals surface area contributed by atoms with E-state index in [0.717, 1.165) is 18.5 Å². The van der Waals surface area contributed by atoms with Crippen molar-refractivity contribution in [1.29, 1.82) is 0 Å². The van der Waals surface area contributed by atoms with Crippen molar-refractivity contribution >= 4 is 23.7 Å². The van der Waals surface area contributed by atoms with Crippen LogP contribution in [0.15, 0.2) is 71.2 Å². The minimum Gasteiger partial charge on any atom is -0.378 e. The Labute approximate surface area is 138 Å². The highest BCUT2D eigenvalue weighted by atomic mass is 15.1. The van der Waals surface area contributed by atoms with Crippen molar-refractivity contribution in [2.45, 2.75) is 12.8 Å². The zero-order chi connectivity index (χ0) is 16.1. The van der Waals surface area contributed by atoms with Crippen molar-refractivity contribution in [2.75, 3.05) is 19.0 Å². The average molecular weight is 302 g/mol. The summed E-state index contributed by atoms with van der Waals surface area (Å²) in [5.74, 6) is 0. The van der Waals surface area contributed by atoms with Crippen molar-refractivity contribution in [3.05, 3.63) is 77.4 Å². The van der Waals surface area contributed by atoms with E-state index in [1.165, 1.54) is 22.4 Å². The summed E-state index contributed by atoms with van der Waals surface area (Å²) in [6, 6.07) is 16.9. The van der Waals surface area contributed by atoms with Crippen LogP contribution >= 0.6 is 0 Å². The van der Waals surface area contributed by atoms with Gasteiger partial charge in [-0.25, -0.2) is 0 Å². The molecule has 23 heavy (non-hydrogen) atoms. The second-order valence-corrected chi connectivity index (χ2v) is 5.96. The van der Waals surface area contributed by atoms with Crippen molar-refractivity contribution < 1.29 is 0 Å². The van der Waals surface area contributed by atoms with Crippen LogP contribution in [0.3, 0.4) is 0 Å². The fourth-order valence-corrected chi connectivity index (χ4v) is 2.61. The molecule has 1 aliphatic rings. The van der Waals surface area contributed by atoms with Crippen LogP contribution < -0.4 is 4.90 Å². The number of nitrogens with zero attached hydrogens (tertiary/aromatic N) is 2. The monoisotopic (exact) mass is 302 g/mol. The number of allylic oxidation sites excluding steroid dienone is 3. The molecule has 0 atom stereocenters. The van der Waals surface area contributed by atoms with Gasteiger partial charge >= 0.3 is 0 Å². The number of anilines is 1. The number of rotatable bonds is 4. The maximum Gasteiger partial charge on any atom is 0.0664 e. The molecule has 0 N–H and O–H groups in total. The first-order valence-corrected chi connectivity index (χ1v) is 7.97. The predicted molar refractivity (Wildman–Crippen MR) is 101 cm³/mol. The van der Waals surface area contributed by atoms with Crippen molar-refractivity contribution in [2.24, 2.45) is 4.99 Å². The largest absolute Gasteiger partial charge is 0.378 e. The van der Waals surface area contributed by atoms with Crippen LogP contribution in [0.2, 0.25) is 0 Å². The number of hydrogen-bond donors (Lipinski definition) is 0. The van der Waals surface area contributed by atoms with Gasteiger partial charge in [-0.05, 0) is 47.7 Å². The number of aliphatic imine (C=N–C) groups is 1. The first-order chi connectivity index (χ1) is 11.2. The zero-order valence-electron chi connectivity index (χ0n) is 13.7. The quantitative estimate of drug-likeness (QED) is 0.772. The molecule has 0 aliphatic carbocycles. The smallest absolute Gasteiger partial charge is 0.0664 e. The molecule has 0 fully saturated rings. The Kier molecular flexibility index (Phi) is 4.72. The van der Waals surface area contributed by atoms with E-state index in [4.69, 9.17) is 0 Å². The van der Waals surface area contributed by atoms with E-state index in [1.54, 1.807) is 0 Å². The fourth-order valence-electron chi connectivity index (χ4n) is 2.61. The molecular weight excluding hydrogens is 280 g/mol. The number of benzene rings is 2. The summed E-state index contributed by atoms with van der Waals surface area (Å²) < 4.78 is 0. The van der Waals surface area contributed by atoms with Crippen molar-refractivity contribution in [3.8, 4) is 0 Å². The molecule has 3 rings (SSSR count). The third-order valence-corrected chi connectivity index (χ3v) is 4.02. The Balaban J connectivity index is 1.63. The summed E-state index contributed by atoms with van der Waals surface area (Å²) in [5, 5.41) is 0. The molecule has 2 aromatic carbocycles. The highest BCUT2D eigenvalue weighted by molar-refractivity contribution is 5.83. The molecule has 0 bridgehead atoms. The molecule has 116 valence electrons. The zero-order valence-corrected chi connectivity index (χ0v) is 13.7. The van der Waals surface area contributed by atoms with Gasteiger partial charge in [-0.1, -0.05) is 48.6 Å². The second-order valence-electron chi connectivity index (χ2n) is 5.96. The molecule has 0 spiro atoms. The Morgan fingerprint density at radius 2 is 1.83 bits per heavy atom. The Morgan fingerprint density at radius 1 is 1.04 bits per heavy atom. The van der Waals surface area contributed by atoms with Crippen LogP contribution in [0.25, 0.3) is 6.08 Å². The van der Waals surface area contributed by atoms with E-state index in [0.29, 0.717) is 0 Å². The van der Waals surface area contributed by atoms with Gasteiger partial charge in [0.05, 0.1) is 5.69 Å². The maximum absolute atomic E-state index is 4.59. The maximum atomic E-state index is 4.59. The van der Waals surface area contributed by atoms with Crippen molar-refractivity contribution in [3.63, 3.8) is 0 Å². The van der Waals surface area contributed by atoms with E-state index in [1.807, 2.05) is 12.3 Å². The van der Waals surface area contributed by atoms with Gasteiger partial charge in [0.1, 0.15) is 0 Å². The van der Waals surface area contributed by atoms with Crippen LogP contribution in [-0.2, 0) is 6.42 Å². The Morgan fingerprint density at radius 3 is 2.61 bits per heavy atom. The van der Waals surface area contributed by atoms with Gasteiger partial charge in [-0.2, -0.15) is 0 Å². The highest BCUT2D eigenvalue weighted by Crippen LogP contribution is 2.23. The molecule has 1 aliphatic heterocycles. The van der Waals surface area contributed by atoms with Crippen LogP contribution in [0, 0.1) is 0 Å². The Hall–Kier alpha value is -2.61. The van der Waals surface area contributed by atoms with E-state index in [-0.39, 0.29) is 0 Å². The van der Waals surface area contributed by atoms with Crippen LogP contribution in [-0.4, -0.2) is 20.3 Å². The molecule has 0 radical (unpaired) electrons. The second kappa shape index (κ2) is 7.10. The number of para-hydroxylation sites is 1. The molecule has 2 aromatic rings. The third-order valence-electron chi connectivity index (χ3n) is 4.02. The first-order valence-electron chi connectivity index (χ1n) is 7.97. The van der Waals surface area contributed by atoms with Gasteiger partial charge in [0.15, 0.2) is 0 Å². The van der Waals surface area contributed by atoms with Crippen molar-refractivity contribution in [1.82, 2.24) is 0 Å². The highest BCUT2D eigenvalue weighted by Gasteiger charge is 2.03. The molecular formula is C21H22N2. The van der Waals surface area contributed by atoms with Gasteiger partial charge in [0, 0.05) is 26.0 Å². The summed E-state index contributed by atoms with van der Waals surface area (Å²) in [7, 11) is 4.11. The summed E-state index contributed by atoms with van der Waals surface area (Å²) >= 11 is 0. The molecule has 1 heterocycles. The lowest BCUT2D eigenvalue weighted by molar-refractivity contribution is 1.13. The van der Waals surface area contributed by atoms with Gasteiger partial charge in [-0.3, -0.25) is 4.99 Å². The normalized spacial score (nSPS) is 13.6. The summed E-state index contributed by atoms with van der Waals surface area (Å²) in [4.78, 5) is 6.70. The van der Waals surface area contributed by atoms with E-state index in [2.05, 4.69) is 84.7 Å². The summed E-state index contributed by atoms with van der Waals surface area (Å²) in [6.07, 6.45) is 10.5. The van der Waals surface area contributed by atoms with Crippen LogP contribution in [0.4, 0.5) is 11.4 Å². The Bertz CT molecular complexity index is 750. The predicted octanol–water partition coefficient (Wildman–Crippen LogP) is 5.04. The van der Waals surface area contributed by atoms with Gasteiger partial charge in [0.25, 0.3) is 0 Å². The molecule has 2 nitrogen and oxygen atoms in total. The fraction of sp³-hybridized carbons (Fsp3) is 0.190. The van der Waals surface area contributed by atoms with Gasteiger partial charge in [0.2, 0.25) is 0 Å². The molecule has 0 unspecified atom stereocenters. The minimum atomic E-state index is 0.910. The minimum absolute atomic E-state index is 0.910. The molecule has 0 saturated heterocycles. The lowest BCUT2D eigenvalue weighted by Crippen LogP contribution is -2.07. The average Bonchev–Trinajstić information content (AvgIpc) is 2.78. The molecule has 0 amide bonds. The van der Waals surface area contributed by atoms with E-state index in [9.17, 15) is 0 Å². The number of hydrogen-bond acceptors (Lipinski definition) is 2. The summed E-state index contributed by atoms with van der Waals surface area (Å²) in [6.45, 7) is 0. The lowest BCUT2D eigenvalue weighted by atomic mass is 10.1. The SMILES string of the molecule is CN(C)c1ccc(C=CCC2=CCc3ccccc3N=C2)cc1. The third kappa shape index (κ3) is 3.98. The van der Waals surface area contributed by atoms with E-state index < -0.39 is 0 Å². The standard InChI is InChI=1S/C21H22N2/c1-23(2)20-14-11-17(12-15-20)6-5-7-18-10-13-19-8-3-4-9-21(19)22-16-18/h3-6,8-12,14-16H,7,13H2,1-2H3.